The first-order chi connectivity index (χ1) is 22.4. The van der Waals surface area contributed by atoms with Crippen LogP contribution in [0.25, 0.3) is 10.9 Å². The number of nitrogens with zero attached hydrogens (tertiary/aromatic N) is 1. The number of hydrogen-bond donors (Lipinski definition) is 3. The van der Waals surface area contributed by atoms with E-state index >= 15 is 0 Å². The van der Waals surface area contributed by atoms with Crippen molar-refractivity contribution >= 4 is 40.3 Å². The van der Waals surface area contributed by atoms with Gasteiger partial charge in [0.1, 0.15) is 29.4 Å². The Bertz CT molecular complexity index is 1510. The third kappa shape index (κ3) is 7.76. The fraction of sp³-hybridized carbons (Fsp3) is 0.611. The number of ether oxygens (including phenoxy) is 2. The van der Waals surface area contributed by atoms with Crippen LogP contribution in [0.5, 0.6) is 11.5 Å². The first-order valence-corrected chi connectivity index (χ1v) is 16.9. The van der Waals surface area contributed by atoms with Gasteiger partial charge in [-0.2, -0.15) is 0 Å². The quantitative estimate of drug-likeness (QED) is 0.265. The van der Waals surface area contributed by atoms with Crippen molar-refractivity contribution in [3.8, 4) is 11.5 Å². The first-order valence-electron chi connectivity index (χ1n) is 16.9. The molecule has 5 atom stereocenters. The Balaban J connectivity index is 1.40. The van der Waals surface area contributed by atoms with Crippen LogP contribution in [0, 0.1) is 29.1 Å². The first kappa shape index (κ1) is 34.3. The van der Waals surface area contributed by atoms with Crippen molar-refractivity contribution in [1.82, 2.24) is 15.6 Å². The van der Waals surface area contributed by atoms with E-state index in [1.807, 2.05) is 26.0 Å². The van der Waals surface area contributed by atoms with Gasteiger partial charge in [-0.3, -0.25) is 29.0 Å². The van der Waals surface area contributed by atoms with Crippen LogP contribution in [0.1, 0.15) is 85.0 Å². The molecule has 11 heteroatoms. The number of ketones is 2. The van der Waals surface area contributed by atoms with Crippen LogP contribution in [0.3, 0.4) is 0 Å². The van der Waals surface area contributed by atoms with Gasteiger partial charge in [0.15, 0.2) is 5.78 Å². The summed E-state index contributed by atoms with van der Waals surface area (Å²) in [6.07, 6.45) is 7.01. The van der Waals surface area contributed by atoms with Gasteiger partial charge in [0.2, 0.25) is 11.8 Å². The molecule has 0 aliphatic heterocycles. The van der Waals surface area contributed by atoms with Crippen molar-refractivity contribution in [2.75, 3.05) is 7.11 Å². The van der Waals surface area contributed by atoms with Crippen molar-refractivity contribution in [3.05, 3.63) is 30.5 Å². The number of hydrogen-bond acceptors (Lipinski definition) is 8. The van der Waals surface area contributed by atoms with Crippen molar-refractivity contribution in [1.29, 1.82) is 0 Å². The maximum absolute atomic E-state index is 14.4. The van der Waals surface area contributed by atoms with Crippen LogP contribution >= 0.6 is 0 Å². The molecule has 47 heavy (non-hydrogen) atoms. The number of amides is 2. The Morgan fingerprint density at radius 3 is 2.32 bits per heavy atom. The fourth-order valence-corrected chi connectivity index (χ4v) is 7.47. The smallest absolute Gasteiger partial charge is 0.310 e. The molecule has 3 aliphatic carbocycles. The summed E-state index contributed by atoms with van der Waals surface area (Å²) < 4.78 is 11.9. The van der Waals surface area contributed by atoms with E-state index in [4.69, 9.17) is 9.47 Å². The number of carbonyl (C=O) groups excluding carboxylic acids is 4. The number of nitrogens with one attached hydrogen (secondary N) is 2. The predicted octanol–water partition coefficient (Wildman–Crippen LogP) is 4.64. The number of methoxy groups -OCH3 is 1. The van der Waals surface area contributed by atoms with Crippen LogP contribution in [0.4, 0.5) is 0 Å². The highest BCUT2D eigenvalue weighted by Gasteiger charge is 2.54. The van der Waals surface area contributed by atoms with Gasteiger partial charge in [-0.1, -0.05) is 33.1 Å². The van der Waals surface area contributed by atoms with Crippen LogP contribution in [-0.2, 0) is 24.0 Å². The molecule has 1 heterocycles. The average Bonchev–Trinajstić information content (AvgIpc) is 3.72. The summed E-state index contributed by atoms with van der Waals surface area (Å²) in [4.78, 5) is 70.5. The largest absolute Gasteiger partial charge is 0.497 e. The third-order valence-corrected chi connectivity index (χ3v) is 10.4. The minimum Gasteiger partial charge on any atom is -0.497 e. The molecule has 3 fully saturated rings. The summed E-state index contributed by atoms with van der Waals surface area (Å²) in [6.45, 7) is 5.07. The Morgan fingerprint density at radius 2 is 1.70 bits per heavy atom. The minimum absolute atomic E-state index is 0.0197. The lowest BCUT2D eigenvalue weighted by atomic mass is 9.79. The summed E-state index contributed by atoms with van der Waals surface area (Å²) >= 11 is 0. The van der Waals surface area contributed by atoms with Gasteiger partial charge in [0.25, 0.3) is 0 Å². The van der Waals surface area contributed by atoms with Crippen LogP contribution in [0.15, 0.2) is 30.5 Å². The highest BCUT2D eigenvalue weighted by atomic mass is 16.5. The molecule has 1 aromatic heterocycles. The standard InChI is InChI=1S/C36H47N3O8/c1-20(2)31(39-34(43)32(38-21(3)40)22-8-6-5-7-9-22)33(42)26-18-24(17-25(26)29(41)19-36(13-14-36)35(44)45)47-30-12-15-37-28-11-10-23(46-4)16-27(28)30/h10-12,15-16,20,22,24-26,31-32H,5-9,13-14,17-19H2,1-4H3,(H,38,40)(H,39,43)(H,44,45)/t24-,25-,26?,31+,32+/m1/s1. The Labute approximate surface area is 275 Å². The van der Waals surface area contributed by atoms with E-state index in [2.05, 4.69) is 15.6 Å². The number of aromatic nitrogens is 1. The number of carboxylic acid groups (broad SMARTS) is 1. The highest BCUT2D eigenvalue weighted by molar-refractivity contribution is 5.98. The minimum atomic E-state index is -1.07. The molecule has 254 valence electrons. The SMILES string of the molecule is COc1ccc2nccc(O[C@H]3CC(C(=O)[C@@H](NC(=O)[C@@H](NC(C)=O)C4CCCCC4)C(C)C)[C@H](C(=O)CC4(C(=O)O)CC4)C3)c2c1. The summed E-state index contributed by atoms with van der Waals surface area (Å²) in [5, 5.41) is 16.3. The van der Waals surface area contributed by atoms with Crippen LogP contribution in [-0.4, -0.2) is 64.7 Å². The van der Waals surface area contributed by atoms with E-state index in [1.54, 1.807) is 25.4 Å². The lowest BCUT2D eigenvalue weighted by molar-refractivity contribution is -0.146. The number of benzene rings is 1. The lowest BCUT2D eigenvalue weighted by Gasteiger charge is -2.32. The summed E-state index contributed by atoms with van der Waals surface area (Å²) in [5.74, 6) is -2.90. The van der Waals surface area contributed by atoms with Gasteiger partial charge >= 0.3 is 5.97 Å². The monoisotopic (exact) mass is 649 g/mol. The maximum atomic E-state index is 14.4. The number of carboxylic acids is 1. The topological polar surface area (TPSA) is 161 Å². The van der Waals surface area contributed by atoms with Crippen LogP contribution in [0.2, 0.25) is 0 Å². The van der Waals surface area contributed by atoms with Gasteiger partial charge in [0, 0.05) is 36.8 Å². The second kappa shape index (κ2) is 14.4. The van der Waals surface area contributed by atoms with E-state index in [0.29, 0.717) is 29.9 Å². The number of rotatable bonds is 14. The van der Waals surface area contributed by atoms with Crippen molar-refractivity contribution in [2.24, 2.45) is 29.1 Å². The Hall–Kier alpha value is -4.02. The normalized spacial score (nSPS) is 23.5. The fourth-order valence-electron chi connectivity index (χ4n) is 7.47. The van der Waals surface area contributed by atoms with Gasteiger partial charge in [-0.15, -0.1) is 0 Å². The number of pyridine rings is 1. The second-order valence-corrected chi connectivity index (χ2v) is 14.1. The van der Waals surface area contributed by atoms with Gasteiger partial charge in [-0.25, -0.2) is 0 Å². The summed E-state index contributed by atoms with van der Waals surface area (Å²) in [6, 6.07) is 5.54. The number of fused-ring (bicyclic) bond motifs is 1. The van der Waals surface area contributed by atoms with E-state index in [9.17, 15) is 29.1 Å². The molecular weight excluding hydrogens is 602 g/mol. The third-order valence-electron chi connectivity index (χ3n) is 10.4. The summed E-state index contributed by atoms with van der Waals surface area (Å²) in [5.41, 5.74) is -0.369. The van der Waals surface area contributed by atoms with Crippen molar-refractivity contribution < 1.29 is 38.6 Å². The maximum Gasteiger partial charge on any atom is 0.310 e. The number of Topliss-reactive ketones (excluding diaryl/α,β-unsaturated/α-hetero) is 2. The second-order valence-electron chi connectivity index (χ2n) is 14.1. The Morgan fingerprint density at radius 1 is 1.00 bits per heavy atom. The molecule has 11 nitrogen and oxygen atoms in total. The van der Waals surface area contributed by atoms with E-state index in [0.717, 1.165) is 37.5 Å². The zero-order valence-corrected chi connectivity index (χ0v) is 27.8. The van der Waals surface area contributed by atoms with Crippen LogP contribution < -0.4 is 20.1 Å². The molecule has 3 N–H and O–H groups in total. The van der Waals surface area contributed by atoms with Gasteiger partial charge < -0.3 is 25.2 Å². The predicted molar refractivity (Wildman–Crippen MR) is 174 cm³/mol. The lowest BCUT2D eigenvalue weighted by Crippen LogP contribution is -2.56. The molecule has 1 aromatic carbocycles. The number of aliphatic carboxylic acids is 1. The Kier molecular flexibility index (Phi) is 10.5. The highest BCUT2D eigenvalue weighted by Crippen LogP contribution is 2.51. The zero-order chi connectivity index (χ0) is 33.9. The molecule has 3 aliphatic rings. The van der Waals surface area contributed by atoms with Gasteiger partial charge in [-0.05, 0) is 74.6 Å². The molecular formula is C36H47N3O8. The molecule has 0 spiro atoms. The van der Waals surface area contributed by atoms with Crippen molar-refractivity contribution in [3.63, 3.8) is 0 Å². The molecule has 3 saturated carbocycles. The molecule has 0 bridgehead atoms. The van der Waals surface area contributed by atoms with E-state index < -0.39 is 47.3 Å². The summed E-state index contributed by atoms with van der Waals surface area (Å²) in [7, 11) is 1.57. The zero-order valence-electron chi connectivity index (χ0n) is 27.8. The molecule has 0 saturated heterocycles. The molecule has 0 radical (unpaired) electrons. The van der Waals surface area contributed by atoms with E-state index in [1.165, 1.54) is 6.92 Å². The van der Waals surface area contributed by atoms with Crippen molar-refractivity contribution in [2.45, 2.75) is 103 Å². The van der Waals surface area contributed by atoms with E-state index in [-0.39, 0.29) is 48.6 Å². The number of carbonyl (C=O) groups is 5. The molecule has 1 unspecified atom stereocenters. The molecule has 2 amide bonds. The molecule has 2 aromatic rings. The average molecular weight is 650 g/mol. The van der Waals surface area contributed by atoms with Gasteiger partial charge in [0.05, 0.1) is 24.1 Å². The molecule has 5 rings (SSSR count).